The van der Waals surface area contributed by atoms with Gasteiger partial charge in [0.2, 0.25) is 0 Å². The first-order valence-corrected chi connectivity index (χ1v) is 9.91. The summed E-state index contributed by atoms with van der Waals surface area (Å²) in [5.41, 5.74) is 1.67. The predicted octanol–water partition coefficient (Wildman–Crippen LogP) is 3.43. The summed E-state index contributed by atoms with van der Waals surface area (Å²) in [5.74, 6) is 0.378. The van der Waals surface area contributed by atoms with E-state index in [1.54, 1.807) is 24.3 Å². The molecule has 162 valence electrons. The van der Waals surface area contributed by atoms with Gasteiger partial charge in [0.05, 0.1) is 13.2 Å². The third-order valence-electron chi connectivity index (χ3n) is 4.26. The summed E-state index contributed by atoms with van der Waals surface area (Å²) in [6, 6.07) is 16.2. The van der Waals surface area contributed by atoms with Crippen molar-refractivity contribution in [1.82, 2.24) is 5.32 Å². The van der Waals surface area contributed by atoms with Crippen LogP contribution < -0.4 is 14.8 Å². The highest BCUT2D eigenvalue weighted by Crippen LogP contribution is 2.17. The van der Waals surface area contributed by atoms with Crippen LogP contribution in [0.15, 0.2) is 54.1 Å². The molecule has 2 aromatic rings. The lowest BCUT2D eigenvalue weighted by Gasteiger charge is -2.09. The molecule has 0 aliphatic rings. The number of hydrogen-bond donors (Lipinski definition) is 1. The van der Waals surface area contributed by atoms with Crippen molar-refractivity contribution in [3.63, 3.8) is 0 Å². The summed E-state index contributed by atoms with van der Waals surface area (Å²) in [6.07, 6.45) is 2.24. The molecule has 0 bridgehead atoms. The molecule has 7 nitrogen and oxygen atoms in total. The lowest BCUT2D eigenvalue weighted by Crippen LogP contribution is -2.27. The number of nitrogens with one attached hydrogen (secondary N) is 1. The Morgan fingerprint density at radius 3 is 2.52 bits per heavy atom. The fourth-order valence-corrected chi connectivity index (χ4v) is 2.61. The molecule has 1 N–H and O–H groups in total. The molecule has 0 spiro atoms. The van der Waals surface area contributed by atoms with Crippen molar-refractivity contribution in [2.75, 3.05) is 26.9 Å². The van der Waals surface area contributed by atoms with Crippen molar-refractivity contribution in [2.24, 2.45) is 0 Å². The highest BCUT2D eigenvalue weighted by Gasteiger charge is 2.09. The molecular formula is C24H26N2O5. The maximum Gasteiger partial charge on any atom is 0.311 e. The molecule has 0 aromatic heterocycles. The van der Waals surface area contributed by atoms with Gasteiger partial charge in [-0.1, -0.05) is 30.3 Å². The van der Waals surface area contributed by atoms with Gasteiger partial charge in [0.15, 0.2) is 0 Å². The second-order valence-electron chi connectivity index (χ2n) is 6.68. The topological polar surface area (TPSA) is 97.6 Å². The third kappa shape index (κ3) is 8.33. The maximum atomic E-state index is 12.0. The Labute approximate surface area is 182 Å². The van der Waals surface area contributed by atoms with Gasteiger partial charge >= 0.3 is 5.97 Å². The second kappa shape index (κ2) is 12.8. The lowest BCUT2D eigenvalue weighted by atomic mass is 10.1. The van der Waals surface area contributed by atoms with Crippen LogP contribution in [0.5, 0.6) is 11.5 Å². The number of para-hydroxylation sites is 1. The average Bonchev–Trinajstić information content (AvgIpc) is 2.77. The molecule has 0 fully saturated rings. The molecule has 0 aliphatic carbocycles. The van der Waals surface area contributed by atoms with Crippen LogP contribution in [0.2, 0.25) is 0 Å². The number of carbonyl (C=O) groups is 2. The van der Waals surface area contributed by atoms with E-state index < -0.39 is 5.91 Å². The first kappa shape index (κ1) is 23.6. The number of carbonyl (C=O) groups excluding carboxylic acids is 2. The fourth-order valence-electron chi connectivity index (χ4n) is 2.61. The third-order valence-corrected chi connectivity index (χ3v) is 4.26. The summed E-state index contributed by atoms with van der Waals surface area (Å²) in [7, 11) is 1.53. The van der Waals surface area contributed by atoms with Crippen molar-refractivity contribution in [2.45, 2.75) is 19.8 Å². The van der Waals surface area contributed by atoms with E-state index in [1.165, 1.54) is 13.2 Å². The van der Waals surface area contributed by atoms with E-state index in [4.69, 9.17) is 14.2 Å². The van der Waals surface area contributed by atoms with Crippen molar-refractivity contribution >= 4 is 18.0 Å². The number of amides is 1. The number of benzene rings is 2. The van der Waals surface area contributed by atoms with Crippen molar-refractivity contribution in [1.29, 1.82) is 5.26 Å². The van der Waals surface area contributed by atoms with Crippen LogP contribution in [-0.2, 0) is 14.3 Å². The summed E-state index contributed by atoms with van der Waals surface area (Å²) in [6.45, 7) is 3.07. The van der Waals surface area contributed by atoms with Gasteiger partial charge in [-0.25, -0.2) is 0 Å². The van der Waals surface area contributed by atoms with Gasteiger partial charge in [0.1, 0.15) is 23.1 Å². The Bertz CT molecular complexity index is 945. The number of ether oxygens (including phenoxy) is 3. The minimum absolute atomic E-state index is 0.0190. The van der Waals surface area contributed by atoms with Gasteiger partial charge in [-0.3, -0.25) is 9.59 Å². The van der Waals surface area contributed by atoms with Gasteiger partial charge < -0.3 is 19.5 Å². The number of nitrogens with zero attached hydrogens (tertiary/aromatic N) is 1. The van der Waals surface area contributed by atoms with E-state index >= 15 is 0 Å². The van der Waals surface area contributed by atoms with Crippen LogP contribution in [-0.4, -0.2) is 38.7 Å². The first-order valence-electron chi connectivity index (χ1n) is 9.91. The molecule has 0 atom stereocenters. The van der Waals surface area contributed by atoms with E-state index in [0.29, 0.717) is 37.5 Å². The van der Waals surface area contributed by atoms with Crippen LogP contribution in [0.4, 0.5) is 0 Å². The smallest absolute Gasteiger partial charge is 0.311 e. The molecule has 0 aliphatic heterocycles. The van der Waals surface area contributed by atoms with Gasteiger partial charge in [0, 0.05) is 20.1 Å². The maximum absolute atomic E-state index is 12.0. The highest BCUT2D eigenvalue weighted by molar-refractivity contribution is 6.01. The summed E-state index contributed by atoms with van der Waals surface area (Å²) in [5, 5.41) is 11.8. The Morgan fingerprint density at radius 2 is 1.84 bits per heavy atom. The van der Waals surface area contributed by atoms with Gasteiger partial charge in [-0.15, -0.1) is 0 Å². The zero-order valence-corrected chi connectivity index (χ0v) is 17.7. The quantitative estimate of drug-likeness (QED) is 0.196. The normalized spacial score (nSPS) is 10.8. The number of nitriles is 1. The van der Waals surface area contributed by atoms with Crippen LogP contribution in [0.25, 0.3) is 6.08 Å². The van der Waals surface area contributed by atoms with Crippen LogP contribution in [0.3, 0.4) is 0 Å². The van der Waals surface area contributed by atoms with Gasteiger partial charge in [-0.2, -0.15) is 5.26 Å². The molecular weight excluding hydrogens is 396 g/mol. The number of aryl methyl sites for hydroxylation is 1. The van der Waals surface area contributed by atoms with Crippen LogP contribution in [0.1, 0.15) is 24.0 Å². The predicted molar refractivity (Wildman–Crippen MR) is 116 cm³/mol. The molecule has 2 rings (SSSR count). The molecule has 1 amide bonds. The molecule has 0 saturated heterocycles. The second-order valence-corrected chi connectivity index (χ2v) is 6.68. The Balaban J connectivity index is 1.80. The number of rotatable bonds is 11. The minimum atomic E-state index is -0.469. The molecule has 31 heavy (non-hydrogen) atoms. The molecule has 0 unspecified atom stereocenters. The monoisotopic (exact) mass is 422 g/mol. The zero-order valence-electron chi connectivity index (χ0n) is 17.7. The number of hydrogen-bond acceptors (Lipinski definition) is 6. The highest BCUT2D eigenvalue weighted by atomic mass is 16.5. The Kier molecular flexibility index (Phi) is 9.79. The Morgan fingerprint density at radius 1 is 1.10 bits per heavy atom. The van der Waals surface area contributed by atoms with E-state index in [0.717, 1.165) is 11.3 Å². The van der Waals surface area contributed by atoms with E-state index in [1.807, 2.05) is 37.3 Å². The van der Waals surface area contributed by atoms with Crippen molar-refractivity contribution < 1.29 is 23.8 Å². The summed E-state index contributed by atoms with van der Waals surface area (Å²) in [4.78, 5) is 24.0. The molecule has 0 radical (unpaired) electrons. The largest absolute Gasteiger partial charge is 0.493 e. The fraction of sp³-hybridized carbons (Fsp3) is 0.292. The molecule has 2 aromatic carbocycles. The standard InChI is InChI=1S/C24H26N2O5/c1-18-6-3-4-7-22(18)30-14-5-8-23(27)31-21-11-9-19(10-12-21)16-20(17-25)24(28)26-13-15-29-2/h3-4,6-7,9-12,16H,5,8,13-15H2,1-2H3,(H,26,28)/b20-16+. The van der Waals surface area contributed by atoms with E-state index in [9.17, 15) is 14.9 Å². The molecule has 0 heterocycles. The molecule has 0 saturated carbocycles. The van der Waals surface area contributed by atoms with E-state index in [2.05, 4.69) is 5.32 Å². The van der Waals surface area contributed by atoms with Crippen molar-refractivity contribution in [3.8, 4) is 17.6 Å². The molecule has 7 heteroatoms. The van der Waals surface area contributed by atoms with E-state index in [-0.39, 0.29) is 18.0 Å². The first-order chi connectivity index (χ1) is 15.0. The van der Waals surface area contributed by atoms with Crippen molar-refractivity contribution in [3.05, 3.63) is 65.2 Å². The lowest BCUT2D eigenvalue weighted by molar-refractivity contribution is -0.134. The SMILES string of the molecule is COCCNC(=O)/C(C#N)=C/c1ccc(OC(=O)CCCOc2ccccc2C)cc1. The van der Waals surface area contributed by atoms with Gasteiger partial charge in [0.25, 0.3) is 5.91 Å². The number of esters is 1. The average molecular weight is 422 g/mol. The van der Waals surface area contributed by atoms with Crippen LogP contribution >= 0.6 is 0 Å². The summed E-state index contributed by atoms with van der Waals surface area (Å²) >= 11 is 0. The number of methoxy groups -OCH3 is 1. The van der Waals surface area contributed by atoms with Crippen LogP contribution in [0, 0.1) is 18.3 Å². The Hall–Kier alpha value is -3.63. The minimum Gasteiger partial charge on any atom is -0.493 e. The zero-order chi connectivity index (χ0) is 22.5. The van der Waals surface area contributed by atoms with Gasteiger partial charge in [-0.05, 0) is 48.7 Å². The summed E-state index contributed by atoms with van der Waals surface area (Å²) < 4.78 is 15.8.